The summed E-state index contributed by atoms with van der Waals surface area (Å²) in [7, 11) is 0. The molecule has 0 spiro atoms. The second kappa shape index (κ2) is 13.6. The Hall–Kier alpha value is -1.95. The number of aliphatic hydroxyl groups is 3. The van der Waals surface area contributed by atoms with Crippen LogP contribution in [0.25, 0.3) is 0 Å². The van der Waals surface area contributed by atoms with E-state index >= 15 is 0 Å². The lowest BCUT2D eigenvalue weighted by atomic mass is 9.89. The molecule has 0 aromatic heterocycles. The standard InChI is InChI=1S/C27H40O5/c1-19(2)32-27(31)13-7-5-4-6-12-23-24(26(30)18-25(23)29)17-16-22(28)15-14-21-11-9-8-10-20(21)3/h4,6,8-11,16-17,19,22-26,28-30H,5,7,12-15,18H2,1-3H3/b6-4-,17-16+/t22?,23-,24-,25?,26?/m1/s1. The Bertz CT molecular complexity index is 754. The maximum Gasteiger partial charge on any atom is 0.306 e. The Morgan fingerprint density at radius 1 is 1.19 bits per heavy atom. The number of aliphatic hydroxyl groups excluding tert-OH is 3. The smallest absolute Gasteiger partial charge is 0.306 e. The maximum atomic E-state index is 11.6. The van der Waals surface area contributed by atoms with Crippen LogP contribution in [-0.4, -0.2) is 45.7 Å². The van der Waals surface area contributed by atoms with E-state index in [4.69, 9.17) is 4.74 Å². The van der Waals surface area contributed by atoms with E-state index in [0.717, 1.165) is 19.3 Å². The maximum absolute atomic E-state index is 11.6. The average Bonchev–Trinajstić information content (AvgIpc) is 3.00. The summed E-state index contributed by atoms with van der Waals surface area (Å²) < 4.78 is 5.12. The molecule has 5 atom stereocenters. The van der Waals surface area contributed by atoms with Gasteiger partial charge >= 0.3 is 5.97 Å². The van der Waals surface area contributed by atoms with Gasteiger partial charge in [-0.1, -0.05) is 48.6 Å². The van der Waals surface area contributed by atoms with Crippen LogP contribution in [0.3, 0.4) is 0 Å². The zero-order valence-corrected chi connectivity index (χ0v) is 19.7. The molecule has 1 aliphatic carbocycles. The van der Waals surface area contributed by atoms with Gasteiger partial charge < -0.3 is 20.1 Å². The van der Waals surface area contributed by atoms with Crippen LogP contribution in [0.4, 0.5) is 0 Å². The van der Waals surface area contributed by atoms with Crippen LogP contribution >= 0.6 is 0 Å². The Morgan fingerprint density at radius 2 is 1.94 bits per heavy atom. The highest BCUT2D eigenvalue weighted by Crippen LogP contribution is 2.36. The molecule has 2 rings (SSSR count). The zero-order chi connectivity index (χ0) is 23.5. The van der Waals surface area contributed by atoms with Gasteiger partial charge in [-0.05, 0) is 69.9 Å². The van der Waals surface area contributed by atoms with Gasteiger partial charge in [0.1, 0.15) is 0 Å². The van der Waals surface area contributed by atoms with Gasteiger partial charge in [-0.25, -0.2) is 0 Å². The largest absolute Gasteiger partial charge is 0.463 e. The van der Waals surface area contributed by atoms with Crippen molar-refractivity contribution in [1.82, 2.24) is 0 Å². The van der Waals surface area contributed by atoms with Gasteiger partial charge in [0, 0.05) is 18.8 Å². The molecule has 3 N–H and O–H groups in total. The number of unbranched alkanes of at least 4 members (excludes halogenated alkanes) is 1. The Morgan fingerprint density at radius 3 is 2.66 bits per heavy atom. The minimum atomic E-state index is -0.603. The van der Waals surface area contributed by atoms with Gasteiger partial charge in [-0.15, -0.1) is 0 Å². The number of allylic oxidation sites excluding steroid dienone is 2. The second-order valence-corrected chi connectivity index (χ2v) is 9.17. The molecule has 178 valence electrons. The summed E-state index contributed by atoms with van der Waals surface area (Å²) >= 11 is 0. The molecule has 0 radical (unpaired) electrons. The van der Waals surface area contributed by atoms with E-state index in [9.17, 15) is 20.1 Å². The SMILES string of the molecule is Cc1ccccc1CCC(O)/C=C/[C@H]1C(O)CC(O)[C@@H]1C/C=C\CCCC(=O)OC(C)C. The van der Waals surface area contributed by atoms with Crippen molar-refractivity contribution in [1.29, 1.82) is 0 Å². The van der Waals surface area contributed by atoms with E-state index in [-0.39, 0.29) is 23.9 Å². The molecule has 1 aliphatic rings. The number of esters is 1. The first-order valence-electron chi connectivity index (χ1n) is 11.9. The van der Waals surface area contributed by atoms with Crippen molar-refractivity contribution in [2.75, 3.05) is 0 Å². The molecule has 5 nitrogen and oxygen atoms in total. The quantitative estimate of drug-likeness (QED) is 0.255. The van der Waals surface area contributed by atoms with Crippen LogP contribution in [0.15, 0.2) is 48.6 Å². The predicted molar refractivity (Wildman–Crippen MR) is 127 cm³/mol. The molecule has 32 heavy (non-hydrogen) atoms. The van der Waals surface area contributed by atoms with Gasteiger partial charge in [-0.3, -0.25) is 4.79 Å². The van der Waals surface area contributed by atoms with Gasteiger partial charge in [0.2, 0.25) is 0 Å². The van der Waals surface area contributed by atoms with E-state index in [2.05, 4.69) is 19.1 Å². The van der Waals surface area contributed by atoms with Gasteiger partial charge in [0.25, 0.3) is 0 Å². The monoisotopic (exact) mass is 444 g/mol. The summed E-state index contributed by atoms with van der Waals surface area (Å²) in [4.78, 5) is 11.6. The molecule has 1 fully saturated rings. The van der Waals surface area contributed by atoms with Crippen LogP contribution in [0.2, 0.25) is 0 Å². The minimum absolute atomic E-state index is 0.0769. The van der Waals surface area contributed by atoms with Crippen molar-refractivity contribution >= 4 is 5.97 Å². The van der Waals surface area contributed by atoms with Crippen LogP contribution in [0.1, 0.15) is 63.5 Å². The first kappa shape index (κ1) is 26.3. The summed E-state index contributed by atoms with van der Waals surface area (Å²) in [6, 6.07) is 8.18. The molecule has 0 bridgehead atoms. The highest BCUT2D eigenvalue weighted by atomic mass is 16.5. The Kier molecular flexibility index (Phi) is 11.1. The number of hydrogen-bond acceptors (Lipinski definition) is 5. The molecule has 0 amide bonds. The minimum Gasteiger partial charge on any atom is -0.463 e. The molecular formula is C27H40O5. The van der Waals surface area contributed by atoms with Crippen molar-refractivity contribution in [3.05, 3.63) is 59.7 Å². The van der Waals surface area contributed by atoms with Crippen molar-refractivity contribution in [3.8, 4) is 0 Å². The second-order valence-electron chi connectivity index (χ2n) is 9.17. The normalized spacial score (nSPS) is 24.6. The summed E-state index contributed by atoms with van der Waals surface area (Å²) in [5, 5.41) is 31.2. The van der Waals surface area contributed by atoms with Crippen molar-refractivity contribution in [2.24, 2.45) is 11.8 Å². The molecule has 5 heteroatoms. The highest BCUT2D eigenvalue weighted by Gasteiger charge is 2.39. The molecule has 0 heterocycles. The topological polar surface area (TPSA) is 87.0 Å². The van der Waals surface area contributed by atoms with Crippen LogP contribution in [-0.2, 0) is 16.0 Å². The molecule has 1 saturated carbocycles. The first-order valence-corrected chi connectivity index (χ1v) is 11.9. The highest BCUT2D eigenvalue weighted by molar-refractivity contribution is 5.69. The predicted octanol–water partition coefficient (Wildman–Crippen LogP) is 4.27. The summed E-state index contributed by atoms with van der Waals surface area (Å²) in [6.07, 6.45) is 10.2. The van der Waals surface area contributed by atoms with E-state index in [1.807, 2.05) is 44.2 Å². The van der Waals surface area contributed by atoms with Crippen molar-refractivity contribution in [2.45, 2.75) is 90.1 Å². The molecule has 0 saturated heterocycles. The van der Waals surface area contributed by atoms with E-state index in [0.29, 0.717) is 25.7 Å². The molecule has 0 aliphatic heterocycles. The lowest BCUT2D eigenvalue weighted by Crippen LogP contribution is -2.20. The number of rotatable bonds is 12. The van der Waals surface area contributed by atoms with E-state index in [1.165, 1.54) is 11.1 Å². The number of carbonyl (C=O) groups excluding carboxylic acids is 1. The van der Waals surface area contributed by atoms with Crippen molar-refractivity contribution < 1.29 is 24.9 Å². The average molecular weight is 445 g/mol. The number of aryl methyl sites for hydroxylation is 2. The molecule has 1 aromatic rings. The third-order valence-corrected chi connectivity index (χ3v) is 6.14. The third-order valence-electron chi connectivity index (χ3n) is 6.14. The fourth-order valence-electron chi connectivity index (χ4n) is 4.31. The summed E-state index contributed by atoms with van der Waals surface area (Å²) in [5.41, 5.74) is 2.46. The number of hydrogen-bond donors (Lipinski definition) is 3. The van der Waals surface area contributed by atoms with Crippen LogP contribution in [0.5, 0.6) is 0 Å². The van der Waals surface area contributed by atoms with Gasteiger partial charge in [0.15, 0.2) is 0 Å². The third kappa shape index (κ3) is 8.89. The first-order chi connectivity index (χ1) is 15.3. The summed E-state index contributed by atoms with van der Waals surface area (Å²) in [6.45, 7) is 5.75. The fraction of sp³-hybridized carbons (Fsp3) is 0.593. The van der Waals surface area contributed by atoms with Crippen LogP contribution in [0, 0.1) is 18.8 Å². The number of ether oxygens (including phenoxy) is 1. The number of benzene rings is 1. The van der Waals surface area contributed by atoms with Gasteiger partial charge in [-0.2, -0.15) is 0 Å². The molecule has 3 unspecified atom stereocenters. The number of carbonyl (C=O) groups is 1. The fourth-order valence-corrected chi connectivity index (χ4v) is 4.31. The molecular weight excluding hydrogens is 404 g/mol. The molecule has 1 aromatic carbocycles. The Balaban J connectivity index is 1.79. The van der Waals surface area contributed by atoms with Crippen LogP contribution < -0.4 is 0 Å². The van der Waals surface area contributed by atoms with Crippen molar-refractivity contribution in [3.63, 3.8) is 0 Å². The lowest BCUT2D eigenvalue weighted by Gasteiger charge is -2.19. The Labute approximate surface area is 192 Å². The lowest BCUT2D eigenvalue weighted by molar-refractivity contribution is -0.147. The van der Waals surface area contributed by atoms with E-state index in [1.54, 1.807) is 6.08 Å². The van der Waals surface area contributed by atoms with Gasteiger partial charge in [0.05, 0.1) is 24.4 Å². The summed E-state index contributed by atoms with van der Waals surface area (Å²) in [5.74, 6) is -0.426. The van der Waals surface area contributed by atoms with E-state index < -0.39 is 18.3 Å². The zero-order valence-electron chi connectivity index (χ0n) is 19.7.